The Morgan fingerprint density at radius 2 is 1.94 bits per heavy atom. The first-order valence-electron chi connectivity index (χ1n) is 9.50. The molecule has 2 heterocycles. The summed E-state index contributed by atoms with van der Waals surface area (Å²) < 4.78 is 63.0. The van der Waals surface area contributed by atoms with Crippen LogP contribution in [0.3, 0.4) is 0 Å². The second-order valence-electron chi connectivity index (χ2n) is 7.14. The molecule has 8 nitrogen and oxygen atoms in total. The molecule has 2 amide bonds. The number of benzene rings is 1. The molecule has 1 aromatic carbocycles. The van der Waals surface area contributed by atoms with E-state index in [2.05, 4.69) is 20.7 Å². The van der Waals surface area contributed by atoms with Gasteiger partial charge in [0.15, 0.2) is 5.69 Å². The predicted octanol–water partition coefficient (Wildman–Crippen LogP) is 3.85. The zero-order valence-corrected chi connectivity index (χ0v) is 18.8. The number of anilines is 1. The normalized spacial score (nSPS) is 11.9. The number of aryl methyl sites for hydroxylation is 1. The summed E-state index contributed by atoms with van der Waals surface area (Å²) in [6, 6.07) is 9.43. The highest BCUT2D eigenvalue weighted by molar-refractivity contribution is 7.90. The third kappa shape index (κ3) is 7.19. The summed E-state index contributed by atoms with van der Waals surface area (Å²) in [6.45, 7) is -0.249. The molecule has 0 saturated heterocycles. The number of amides is 2. The molecule has 0 unspecified atom stereocenters. The van der Waals surface area contributed by atoms with E-state index in [0.717, 1.165) is 17.0 Å². The van der Waals surface area contributed by atoms with Gasteiger partial charge in [0.25, 0.3) is 0 Å². The summed E-state index contributed by atoms with van der Waals surface area (Å²) in [5, 5.41) is 8.92. The Morgan fingerprint density at radius 1 is 1.18 bits per heavy atom. The number of carbonyl (C=O) groups is 1. The van der Waals surface area contributed by atoms with E-state index in [1.807, 2.05) is 0 Å². The number of aromatic nitrogens is 3. The minimum Gasteiger partial charge on any atom is -0.332 e. The largest absolute Gasteiger partial charge is 0.435 e. The second kappa shape index (κ2) is 9.79. The lowest BCUT2D eigenvalue weighted by Gasteiger charge is -2.10. The van der Waals surface area contributed by atoms with Crippen molar-refractivity contribution in [3.8, 4) is 5.69 Å². The number of nitrogens with one attached hydrogen (secondary N) is 2. The molecule has 33 heavy (non-hydrogen) atoms. The number of sulfone groups is 1. The van der Waals surface area contributed by atoms with E-state index in [1.165, 1.54) is 12.3 Å². The van der Waals surface area contributed by atoms with Crippen molar-refractivity contribution in [1.29, 1.82) is 0 Å². The predicted molar refractivity (Wildman–Crippen MR) is 117 cm³/mol. The highest BCUT2D eigenvalue weighted by Crippen LogP contribution is 2.30. The minimum absolute atomic E-state index is 0.0481. The molecular formula is C20H19ClF3N5O3S. The van der Waals surface area contributed by atoms with Crippen molar-refractivity contribution in [2.24, 2.45) is 0 Å². The topological polar surface area (TPSA) is 106 Å². The quantitative estimate of drug-likeness (QED) is 0.511. The Balaban J connectivity index is 1.68. The van der Waals surface area contributed by atoms with Crippen LogP contribution in [-0.4, -0.2) is 41.2 Å². The van der Waals surface area contributed by atoms with E-state index in [-0.39, 0.29) is 24.4 Å². The third-order valence-corrected chi connectivity index (χ3v) is 5.55. The lowest BCUT2D eigenvalue weighted by Crippen LogP contribution is -2.29. The average Bonchev–Trinajstić information content (AvgIpc) is 3.16. The highest BCUT2D eigenvalue weighted by Gasteiger charge is 2.35. The Labute approximate surface area is 192 Å². The molecule has 2 N–H and O–H groups in total. The maximum absolute atomic E-state index is 13.2. The van der Waals surface area contributed by atoms with E-state index < -0.39 is 27.7 Å². The number of hydrogen-bond donors (Lipinski definition) is 2. The molecule has 2 aromatic heterocycles. The number of carbonyl (C=O) groups excluding carboxylic acids is 1. The van der Waals surface area contributed by atoms with Crippen molar-refractivity contribution in [3.05, 3.63) is 70.8 Å². The standard InChI is InChI=1S/C20H19ClF3N5O3S/c1-33(31,32)8-7-14-5-6-15(11-25-14)27-19(30)26-12-17-10-18(20(22,23)24)28-29(17)16-4-2-3-13(21)9-16/h2-6,9-11H,7-8,12H2,1H3,(H2,26,27,30). The monoisotopic (exact) mass is 501 g/mol. The first-order chi connectivity index (χ1) is 15.4. The second-order valence-corrected chi connectivity index (χ2v) is 9.83. The molecule has 0 aliphatic rings. The molecule has 13 heteroatoms. The van der Waals surface area contributed by atoms with Crippen LogP contribution in [0.5, 0.6) is 0 Å². The lowest BCUT2D eigenvalue weighted by atomic mass is 10.3. The van der Waals surface area contributed by atoms with Crippen LogP contribution in [0, 0.1) is 0 Å². The number of pyridine rings is 1. The summed E-state index contributed by atoms with van der Waals surface area (Å²) in [5.74, 6) is -0.0481. The molecule has 0 atom stereocenters. The van der Waals surface area contributed by atoms with Gasteiger partial charge in [-0.3, -0.25) is 4.98 Å². The smallest absolute Gasteiger partial charge is 0.332 e. The molecular weight excluding hydrogens is 483 g/mol. The Morgan fingerprint density at radius 3 is 2.55 bits per heavy atom. The third-order valence-electron chi connectivity index (χ3n) is 4.37. The van der Waals surface area contributed by atoms with E-state index in [0.29, 0.717) is 22.1 Å². The van der Waals surface area contributed by atoms with E-state index in [9.17, 15) is 26.4 Å². The molecule has 3 rings (SSSR count). The van der Waals surface area contributed by atoms with Crippen LogP contribution in [-0.2, 0) is 29.0 Å². The van der Waals surface area contributed by atoms with E-state index in [1.54, 1.807) is 30.3 Å². The van der Waals surface area contributed by atoms with Crippen molar-refractivity contribution in [1.82, 2.24) is 20.1 Å². The molecule has 0 radical (unpaired) electrons. The molecule has 0 fully saturated rings. The molecule has 3 aromatic rings. The van der Waals surface area contributed by atoms with Crippen molar-refractivity contribution >= 4 is 33.2 Å². The van der Waals surface area contributed by atoms with Crippen LogP contribution in [0.2, 0.25) is 5.02 Å². The van der Waals surface area contributed by atoms with Gasteiger partial charge in [-0.25, -0.2) is 17.9 Å². The van der Waals surface area contributed by atoms with Crippen molar-refractivity contribution in [3.63, 3.8) is 0 Å². The fraction of sp³-hybridized carbons (Fsp3) is 0.250. The van der Waals surface area contributed by atoms with Gasteiger partial charge >= 0.3 is 12.2 Å². The number of hydrogen-bond acceptors (Lipinski definition) is 5. The fourth-order valence-electron chi connectivity index (χ4n) is 2.80. The molecule has 0 aliphatic carbocycles. The summed E-state index contributed by atoms with van der Waals surface area (Å²) >= 11 is 5.94. The Kier molecular flexibility index (Phi) is 7.28. The minimum atomic E-state index is -4.66. The van der Waals surface area contributed by atoms with Crippen LogP contribution in [0.1, 0.15) is 17.1 Å². The van der Waals surface area contributed by atoms with Gasteiger partial charge in [-0.15, -0.1) is 0 Å². The Hall–Kier alpha value is -3.12. The van der Waals surface area contributed by atoms with Gasteiger partial charge in [0.2, 0.25) is 0 Å². The molecule has 0 bridgehead atoms. The van der Waals surface area contributed by atoms with Gasteiger partial charge in [-0.2, -0.15) is 18.3 Å². The summed E-state index contributed by atoms with van der Waals surface area (Å²) in [6.07, 6.45) is -1.94. The summed E-state index contributed by atoms with van der Waals surface area (Å²) in [5.41, 5.74) is 0.165. The first kappa shape index (κ1) is 24.5. The van der Waals surface area contributed by atoms with Crippen LogP contribution in [0.4, 0.5) is 23.7 Å². The maximum atomic E-state index is 13.2. The Bertz CT molecular complexity index is 1240. The van der Waals surface area contributed by atoms with Gasteiger partial charge in [-0.05, 0) is 36.4 Å². The lowest BCUT2D eigenvalue weighted by molar-refractivity contribution is -0.141. The van der Waals surface area contributed by atoms with Crippen LogP contribution in [0.25, 0.3) is 5.69 Å². The van der Waals surface area contributed by atoms with Crippen molar-refractivity contribution < 1.29 is 26.4 Å². The van der Waals surface area contributed by atoms with E-state index in [4.69, 9.17) is 11.6 Å². The number of urea groups is 1. The maximum Gasteiger partial charge on any atom is 0.435 e. The number of halogens is 4. The van der Waals surface area contributed by atoms with Gasteiger partial charge in [0.1, 0.15) is 9.84 Å². The zero-order valence-electron chi connectivity index (χ0n) is 17.2. The van der Waals surface area contributed by atoms with Gasteiger partial charge in [0, 0.05) is 23.4 Å². The van der Waals surface area contributed by atoms with Gasteiger partial charge in [0.05, 0.1) is 35.6 Å². The average molecular weight is 502 g/mol. The highest BCUT2D eigenvalue weighted by atomic mass is 35.5. The first-order valence-corrected chi connectivity index (χ1v) is 11.9. The molecule has 0 saturated carbocycles. The van der Waals surface area contributed by atoms with Crippen LogP contribution < -0.4 is 10.6 Å². The van der Waals surface area contributed by atoms with Gasteiger partial charge in [-0.1, -0.05) is 17.7 Å². The molecule has 0 spiro atoms. The van der Waals surface area contributed by atoms with Gasteiger partial charge < -0.3 is 10.6 Å². The molecule has 176 valence electrons. The fourth-order valence-corrected chi connectivity index (χ4v) is 3.56. The number of alkyl halides is 3. The van der Waals surface area contributed by atoms with Crippen molar-refractivity contribution in [2.45, 2.75) is 19.1 Å². The van der Waals surface area contributed by atoms with Crippen LogP contribution >= 0.6 is 11.6 Å². The number of nitrogens with zero attached hydrogens (tertiary/aromatic N) is 3. The zero-order chi connectivity index (χ0) is 24.2. The van der Waals surface area contributed by atoms with E-state index >= 15 is 0 Å². The summed E-state index contributed by atoms with van der Waals surface area (Å²) in [4.78, 5) is 16.3. The van der Waals surface area contributed by atoms with Crippen molar-refractivity contribution in [2.75, 3.05) is 17.3 Å². The SMILES string of the molecule is CS(=O)(=O)CCc1ccc(NC(=O)NCc2cc(C(F)(F)F)nn2-c2cccc(Cl)c2)cn1. The summed E-state index contributed by atoms with van der Waals surface area (Å²) in [7, 11) is -3.12. The number of rotatable bonds is 7. The van der Waals surface area contributed by atoms with Crippen LogP contribution in [0.15, 0.2) is 48.7 Å². The molecule has 0 aliphatic heterocycles.